The van der Waals surface area contributed by atoms with Gasteiger partial charge in [0.1, 0.15) is 11.4 Å². The maximum absolute atomic E-state index is 13.3. The van der Waals surface area contributed by atoms with E-state index < -0.39 is 0 Å². The first-order valence-electron chi connectivity index (χ1n) is 10.5. The maximum atomic E-state index is 13.3. The number of fused-ring (bicyclic) bond motifs is 1. The minimum Gasteiger partial charge on any atom is -0.454 e. The Labute approximate surface area is 186 Å². The van der Waals surface area contributed by atoms with Crippen LogP contribution in [0.5, 0.6) is 11.5 Å². The molecule has 1 N–H and O–H groups in total. The predicted molar refractivity (Wildman–Crippen MR) is 121 cm³/mol. The predicted octanol–water partition coefficient (Wildman–Crippen LogP) is 4.15. The van der Waals surface area contributed by atoms with Crippen molar-refractivity contribution in [1.82, 2.24) is 19.7 Å². The zero-order valence-corrected chi connectivity index (χ0v) is 18.3. The molecule has 4 aromatic rings. The Kier molecular flexibility index (Phi) is 4.93. The van der Waals surface area contributed by atoms with Crippen molar-refractivity contribution in [3.05, 3.63) is 83.2 Å². The standard InChI is InChI=1S/C25H24N4O3/c1-16-6-7-17(2)21(11-16)29-22(13-19(27-29)20-5-4-10-28(20)3)25(30)26-14-18-8-9-23-24(12-18)32-15-31-23/h4-13H,14-15H2,1-3H3,(H,26,30). The smallest absolute Gasteiger partial charge is 0.270 e. The molecule has 32 heavy (non-hydrogen) atoms. The number of hydrogen-bond acceptors (Lipinski definition) is 4. The minimum atomic E-state index is -0.198. The van der Waals surface area contributed by atoms with Gasteiger partial charge < -0.3 is 19.4 Å². The zero-order chi connectivity index (χ0) is 22.2. The molecule has 0 saturated carbocycles. The lowest BCUT2D eigenvalue weighted by Gasteiger charge is -2.12. The fourth-order valence-electron chi connectivity index (χ4n) is 3.85. The van der Waals surface area contributed by atoms with E-state index in [4.69, 9.17) is 14.6 Å². The average molecular weight is 428 g/mol. The van der Waals surface area contributed by atoms with E-state index >= 15 is 0 Å². The molecule has 0 aliphatic carbocycles. The molecular weight excluding hydrogens is 404 g/mol. The first-order valence-corrected chi connectivity index (χ1v) is 10.5. The van der Waals surface area contributed by atoms with Crippen LogP contribution in [-0.4, -0.2) is 27.0 Å². The van der Waals surface area contributed by atoms with Crippen LogP contribution in [0.1, 0.15) is 27.2 Å². The number of amides is 1. The number of carbonyl (C=O) groups excluding carboxylic acids is 1. The summed E-state index contributed by atoms with van der Waals surface area (Å²) in [4.78, 5) is 13.3. The Morgan fingerprint density at radius 1 is 1.06 bits per heavy atom. The zero-order valence-electron chi connectivity index (χ0n) is 18.3. The Morgan fingerprint density at radius 2 is 1.91 bits per heavy atom. The van der Waals surface area contributed by atoms with Crippen LogP contribution in [0.4, 0.5) is 0 Å². The first-order chi connectivity index (χ1) is 15.5. The number of aryl methyl sites for hydroxylation is 3. The highest BCUT2D eigenvalue weighted by Crippen LogP contribution is 2.32. The maximum Gasteiger partial charge on any atom is 0.270 e. The van der Waals surface area contributed by atoms with Crippen molar-refractivity contribution in [1.29, 1.82) is 0 Å². The number of carbonyl (C=O) groups is 1. The Morgan fingerprint density at radius 3 is 2.72 bits per heavy atom. The second kappa shape index (κ2) is 7.92. The molecule has 0 radical (unpaired) electrons. The molecular formula is C25H24N4O3. The van der Waals surface area contributed by atoms with E-state index in [2.05, 4.69) is 11.4 Å². The largest absolute Gasteiger partial charge is 0.454 e. The number of nitrogens with one attached hydrogen (secondary N) is 1. The molecule has 1 aliphatic heterocycles. The van der Waals surface area contributed by atoms with Crippen molar-refractivity contribution in [2.45, 2.75) is 20.4 Å². The Hall–Kier alpha value is -4.00. The Bertz CT molecular complexity index is 1320. The fourth-order valence-corrected chi connectivity index (χ4v) is 3.85. The SMILES string of the molecule is Cc1ccc(C)c(-n2nc(-c3cccn3C)cc2C(=O)NCc2ccc3c(c2)OCO3)c1. The van der Waals surface area contributed by atoms with Gasteiger partial charge in [-0.15, -0.1) is 0 Å². The molecule has 7 heteroatoms. The van der Waals surface area contributed by atoms with E-state index in [1.165, 1.54) is 0 Å². The van der Waals surface area contributed by atoms with E-state index in [0.717, 1.165) is 39.5 Å². The highest BCUT2D eigenvalue weighted by Gasteiger charge is 2.20. The molecule has 0 fully saturated rings. The van der Waals surface area contributed by atoms with Gasteiger partial charge >= 0.3 is 0 Å². The van der Waals surface area contributed by atoms with Crippen LogP contribution in [-0.2, 0) is 13.6 Å². The molecule has 162 valence electrons. The van der Waals surface area contributed by atoms with E-state index in [1.54, 1.807) is 4.68 Å². The van der Waals surface area contributed by atoms with Gasteiger partial charge in [-0.2, -0.15) is 5.10 Å². The third kappa shape index (κ3) is 3.62. The van der Waals surface area contributed by atoms with Gasteiger partial charge in [0.25, 0.3) is 5.91 Å². The fraction of sp³-hybridized carbons (Fsp3) is 0.200. The summed E-state index contributed by atoms with van der Waals surface area (Å²) in [5.74, 6) is 1.22. The Balaban J connectivity index is 1.48. The van der Waals surface area contributed by atoms with Crippen molar-refractivity contribution in [2.24, 2.45) is 7.05 Å². The summed E-state index contributed by atoms with van der Waals surface area (Å²) in [6.45, 7) is 4.64. The van der Waals surface area contributed by atoms with Gasteiger partial charge in [0.2, 0.25) is 6.79 Å². The summed E-state index contributed by atoms with van der Waals surface area (Å²) in [6, 6.07) is 17.6. The lowest BCUT2D eigenvalue weighted by atomic mass is 10.1. The van der Waals surface area contributed by atoms with Gasteiger partial charge in [-0.3, -0.25) is 4.79 Å². The van der Waals surface area contributed by atoms with E-state index in [1.807, 2.05) is 80.2 Å². The molecule has 5 rings (SSSR count). The van der Waals surface area contributed by atoms with Crippen molar-refractivity contribution in [2.75, 3.05) is 6.79 Å². The monoisotopic (exact) mass is 428 g/mol. The second-order valence-electron chi connectivity index (χ2n) is 7.99. The number of benzene rings is 2. The summed E-state index contributed by atoms with van der Waals surface area (Å²) < 4.78 is 14.5. The van der Waals surface area contributed by atoms with Gasteiger partial charge in [0.15, 0.2) is 11.5 Å². The van der Waals surface area contributed by atoms with Gasteiger partial charge in [0, 0.05) is 19.8 Å². The topological polar surface area (TPSA) is 70.3 Å². The third-order valence-electron chi connectivity index (χ3n) is 5.63. The van der Waals surface area contributed by atoms with Crippen LogP contribution >= 0.6 is 0 Å². The molecule has 7 nitrogen and oxygen atoms in total. The molecule has 2 aromatic carbocycles. The summed E-state index contributed by atoms with van der Waals surface area (Å²) >= 11 is 0. The van der Waals surface area contributed by atoms with Crippen LogP contribution in [0.2, 0.25) is 0 Å². The normalized spacial score (nSPS) is 12.2. The van der Waals surface area contributed by atoms with Crippen LogP contribution in [0.25, 0.3) is 17.1 Å². The molecule has 1 aliphatic rings. The van der Waals surface area contributed by atoms with Crippen LogP contribution < -0.4 is 14.8 Å². The molecule has 0 saturated heterocycles. The quantitative estimate of drug-likeness (QED) is 0.518. The van der Waals surface area contributed by atoms with Crippen molar-refractivity contribution < 1.29 is 14.3 Å². The minimum absolute atomic E-state index is 0.198. The van der Waals surface area contributed by atoms with Crippen molar-refractivity contribution in [3.8, 4) is 28.6 Å². The molecule has 1 amide bonds. The number of aromatic nitrogens is 3. The molecule has 3 heterocycles. The highest BCUT2D eigenvalue weighted by atomic mass is 16.7. The van der Waals surface area contributed by atoms with Gasteiger partial charge in [-0.05, 0) is 66.9 Å². The molecule has 0 atom stereocenters. The second-order valence-corrected chi connectivity index (χ2v) is 7.99. The summed E-state index contributed by atoms with van der Waals surface area (Å²) in [6.07, 6.45) is 1.96. The van der Waals surface area contributed by atoms with Gasteiger partial charge in [0.05, 0.1) is 11.4 Å². The van der Waals surface area contributed by atoms with Crippen molar-refractivity contribution >= 4 is 5.91 Å². The van der Waals surface area contributed by atoms with Crippen LogP contribution in [0.15, 0.2) is 60.8 Å². The molecule has 0 bridgehead atoms. The van der Waals surface area contributed by atoms with Crippen LogP contribution in [0.3, 0.4) is 0 Å². The van der Waals surface area contributed by atoms with E-state index in [0.29, 0.717) is 18.0 Å². The summed E-state index contributed by atoms with van der Waals surface area (Å²) in [5, 5.41) is 7.83. The summed E-state index contributed by atoms with van der Waals surface area (Å²) in [5.41, 5.74) is 6.14. The number of ether oxygens (including phenoxy) is 2. The molecule has 0 spiro atoms. The third-order valence-corrected chi connectivity index (χ3v) is 5.63. The number of nitrogens with zero attached hydrogens (tertiary/aromatic N) is 3. The first kappa shape index (κ1) is 19.9. The van der Waals surface area contributed by atoms with Gasteiger partial charge in [-0.25, -0.2) is 4.68 Å². The molecule has 0 unspecified atom stereocenters. The summed E-state index contributed by atoms with van der Waals surface area (Å²) in [7, 11) is 1.96. The number of rotatable bonds is 5. The van der Waals surface area contributed by atoms with Gasteiger partial charge in [-0.1, -0.05) is 18.2 Å². The lowest BCUT2D eigenvalue weighted by Crippen LogP contribution is -2.25. The van der Waals surface area contributed by atoms with E-state index in [-0.39, 0.29) is 12.7 Å². The number of hydrogen-bond donors (Lipinski definition) is 1. The highest BCUT2D eigenvalue weighted by molar-refractivity contribution is 5.94. The average Bonchev–Trinajstić information content (AvgIpc) is 3.52. The van der Waals surface area contributed by atoms with Crippen LogP contribution in [0, 0.1) is 13.8 Å². The molecule has 2 aromatic heterocycles. The lowest BCUT2D eigenvalue weighted by molar-refractivity contribution is 0.0943. The van der Waals surface area contributed by atoms with E-state index in [9.17, 15) is 4.79 Å². The van der Waals surface area contributed by atoms with Crippen molar-refractivity contribution in [3.63, 3.8) is 0 Å².